The molecule has 1 aromatic carbocycles. The van der Waals surface area contributed by atoms with Gasteiger partial charge in [-0.25, -0.2) is 0 Å². The van der Waals surface area contributed by atoms with Gasteiger partial charge in [-0.15, -0.1) is 0 Å². The Morgan fingerprint density at radius 3 is 2.92 bits per heavy atom. The van der Waals surface area contributed by atoms with Gasteiger partial charge in [0.05, 0.1) is 17.1 Å². The van der Waals surface area contributed by atoms with E-state index in [0.717, 1.165) is 5.92 Å². The van der Waals surface area contributed by atoms with E-state index >= 15 is 0 Å². The zero-order chi connectivity index (χ0) is 16.5. The first-order chi connectivity index (χ1) is 11.7. The predicted molar refractivity (Wildman–Crippen MR) is 92.4 cm³/mol. The van der Waals surface area contributed by atoms with E-state index < -0.39 is 0 Å². The van der Waals surface area contributed by atoms with E-state index in [1.54, 1.807) is 23.0 Å². The molecule has 1 saturated carbocycles. The molecule has 0 aliphatic heterocycles. The van der Waals surface area contributed by atoms with Crippen LogP contribution in [0.1, 0.15) is 45.9 Å². The summed E-state index contributed by atoms with van der Waals surface area (Å²) in [5, 5.41) is 4.78. The molecule has 0 saturated heterocycles. The first-order valence-electron chi connectivity index (χ1n) is 7.97. The summed E-state index contributed by atoms with van der Waals surface area (Å²) in [5.41, 5.74) is 3.35. The Morgan fingerprint density at radius 1 is 1.25 bits per heavy atom. The Balaban J connectivity index is 1.53. The van der Waals surface area contributed by atoms with Gasteiger partial charge in [0.1, 0.15) is 5.69 Å². The summed E-state index contributed by atoms with van der Waals surface area (Å²) in [4.78, 5) is 16.4. The maximum Gasteiger partial charge on any atom is 0.216 e. The largest absolute Gasteiger partial charge is 0.287 e. The van der Waals surface area contributed by atoms with Gasteiger partial charge in [0.15, 0.2) is 0 Å². The van der Waals surface area contributed by atoms with Crippen molar-refractivity contribution in [3.05, 3.63) is 82.4 Å². The predicted octanol–water partition coefficient (Wildman–Crippen LogP) is 4.09. The third-order valence-corrected chi connectivity index (χ3v) is 4.56. The summed E-state index contributed by atoms with van der Waals surface area (Å²) >= 11 is 6.06. The van der Waals surface area contributed by atoms with Crippen molar-refractivity contribution in [1.82, 2.24) is 14.8 Å². The van der Waals surface area contributed by atoms with E-state index in [9.17, 15) is 4.79 Å². The van der Waals surface area contributed by atoms with Crippen LogP contribution in [0.4, 0.5) is 0 Å². The smallest absolute Gasteiger partial charge is 0.216 e. The van der Waals surface area contributed by atoms with Gasteiger partial charge >= 0.3 is 0 Å². The molecule has 5 heteroatoms. The second kappa shape index (κ2) is 6.21. The van der Waals surface area contributed by atoms with Crippen molar-refractivity contribution in [3.63, 3.8) is 0 Å². The van der Waals surface area contributed by atoms with E-state index in [-0.39, 0.29) is 5.78 Å². The van der Waals surface area contributed by atoms with E-state index in [4.69, 9.17) is 11.6 Å². The highest BCUT2D eigenvalue weighted by Crippen LogP contribution is 2.40. The molecule has 0 unspecified atom stereocenters. The molecule has 4 rings (SSSR count). The van der Waals surface area contributed by atoms with Crippen LogP contribution in [0.25, 0.3) is 0 Å². The number of halogens is 1. The van der Waals surface area contributed by atoms with Crippen LogP contribution in [-0.4, -0.2) is 20.5 Å². The van der Waals surface area contributed by atoms with Crippen molar-refractivity contribution in [2.24, 2.45) is 0 Å². The van der Waals surface area contributed by atoms with Gasteiger partial charge in [-0.2, -0.15) is 5.10 Å². The van der Waals surface area contributed by atoms with Gasteiger partial charge < -0.3 is 0 Å². The fourth-order valence-electron chi connectivity index (χ4n) is 2.80. The summed E-state index contributed by atoms with van der Waals surface area (Å²) in [7, 11) is 0. The molecule has 0 atom stereocenters. The molecular weight excluding hydrogens is 322 g/mol. The highest BCUT2D eigenvalue weighted by Gasteiger charge is 2.23. The van der Waals surface area contributed by atoms with Crippen molar-refractivity contribution >= 4 is 17.4 Å². The van der Waals surface area contributed by atoms with Gasteiger partial charge in [0.25, 0.3) is 0 Å². The number of hydrogen-bond donors (Lipinski definition) is 0. The monoisotopic (exact) mass is 337 g/mol. The fraction of sp³-hybridized carbons (Fsp3) is 0.211. The standard InChI is InChI=1S/C19H16ClN3O/c20-17-6-8-21-11-16(17)19(24)18-7-9-23(22-18)12-13-2-1-3-15(10-13)14-4-5-14/h1-3,6-11,14H,4-5,12H2. The molecule has 1 aliphatic carbocycles. The van der Waals surface area contributed by atoms with Gasteiger partial charge in [0.2, 0.25) is 5.78 Å². The van der Waals surface area contributed by atoms with Crippen molar-refractivity contribution in [1.29, 1.82) is 0 Å². The van der Waals surface area contributed by atoms with E-state index in [1.165, 1.54) is 30.2 Å². The highest BCUT2D eigenvalue weighted by atomic mass is 35.5. The maximum atomic E-state index is 12.5. The average Bonchev–Trinajstić information content (AvgIpc) is 3.35. The third-order valence-electron chi connectivity index (χ3n) is 4.23. The number of benzene rings is 1. The lowest BCUT2D eigenvalue weighted by Gasteiger charge is -2.05. The van der Waals surface area contributed by atoms with Crippen molar-refractivity contribution < 1.29 is 4.79 Å². The lowest BCUT2D eigenvalue weighted by atomic mass is 10.1. The second-order valence-electron chi connectivity index (χ2n) is 6.10. The number of aromatic nitrogens is 3. The molecular formula is C19H16ClN3O. The molecule has 0 bridgehead atoms. The number of carbonyl (C=O) groups excluding carboxylic acids is 1. The Kier molecular flexibility index (Phi) is 3.90. The normalized spacial score (nSPS) is 13.9. The maximum absolute atomic E-state index is 12.5. The summed E-state index contributed by atoms with van der Waals surface area (Å²) in [6.07, 6.45) is 7.43. The number of pyridine rings is 1. The van der Waals surface area contributed by atoms with Gasteiger partial charge in [-0.05, 0) is 42.0 Å². The van der Waals surface area contributed by atoms with Crippen LogP contribution in [0, 0.1) is 0 Å². The molecule has 4 nitrogen and oxygen atoms in total. The number of rotatable bonds is 5. The summed E-state index contributed by atoms with van der Waals surface area (Å²) < 4.78 is 1.78. The molecule has 120 valence electrons. The van der Waals surface area contributed by atoms with Crippen molar-refractivity contribution in [3.8, 4) is 0 Å². The SMILES string of the molecule is O=C(c1ccn(Cc2cccc(C3CC3)c2)n1)c1cnccc1Cl. The molecule has 0 spiro atoms. The molecule has 24 heavy (non-hydrogen) atoms. The van der Waals surface area contributed by atoms with Crippen LogP contribution in [0.3, 0.4) is 0 Å². The highest BCUT2D eigenvalue weighted by molar-refractivity contribution is 6.34. The molecule has 1 fully saturated rings. The Bertz CT molecular complexity index is 899. The van der Waals surface area contributed by atoms with Crippen LogP contribution in [0.2, 0.25) is 5.02 Å². The van der Waals surface area contributed by atoms with Crippen LogP contribution in [0.5, 0.6) is 0 Å². The Hall–Kier alpha value is -2.46. The molecule has 0 amide bonds. The number of ketones is 1. The number of carbonyl (C=O) groups is 1. The lowest BCUT2D eigenvalue weighted by molar-refractivity contribution is 0.103. The minimum absolute atomic E-state index is 0.210. The first-order valence-corrected chi connectivity index (χ1v) is 8.35. The lowest BCUT2D eigenvalue weighted by Crippen LogP contribution is -2.07. The molecule has 2 heterocycles. The second-order valence-corrected chi connectivity index (χ2v) is 6.51. The summed E-state index contributed by atoms with van der Waals surface area (Å²) in [6, 6.07) is 11.9. The minimum Gasteiger partial charge on any atom is -0.287 e. The molecule has 3 aromatic rings. The van der Waals surface area contributed by atoms with E-state index in [1.807, 2.05) is 6.20 Å². The topological polar surface area (TPSA) is 47.8 Å². The Labute approximate surface area is 145 Å². The number of nitrogens with zero attached hydrogens (tertiary/aromatic N) is 3. The Morgan fingerprint density at radius 2 is 2.12 bits per heavy atom. The third kappa shape index (κ3) is 3.10. The van der Waals surface area contributed by atoms with Gasteiger partial charge in [0, 0.05) is 18.6 Å². The number of hydrogen-bond acceptors (Lipinski definition) is 3. The minimum atomic E-state index is -0.210. The van der Waals surface area contributed by atoms with Gasteiger partial charge in [-0.1, -0.05) is 35.9 Å². The van der Waals surface area contributed by atoms with Crippen LogP contribution in [0.15, 0.2) is 55.0 Å². The zero-order valence-electron chi connectivity index (χ0n) is 13.0. The quantitative estimate of drug-likeness (QED) is 0.659. The van der Waals surface area contributed by atoms with Crippen molar-refractivity contribution in [2.45, 2.75) is 25.3 Å². The molecule has 0 N–H and O–H groups in total. The van der Waals surface area contributed by atoms with Crippen LogP contribution < -0.4 is 0 Å². The fourth-order valence-corrected chi connectivity index (χ4v) is 2.99. The van der Waals surface area contributed by atoms with E-state index in [2.05, 4.69) is 34.3 Å². The average molecular weight is 338 g/mol. The summed E-state index contributed by atoms with van der Waals surface area (Å²) in [5.74, 6) is 0.519. The first kappa shape index (κ1) is 15.1. The van der Waals surface area contributed by atoms with Crippen molar-refractivity contribution in [2.75, 3.05) is 0 Å². The zero-order valence-corrected chi connectivity index (χ0v) is 13.8. The molecule has 0 radical (unpaired) electrons. The summed E-state index contributed by atoms with van der Waals surface area (Å²) in [6.45, 7) is 0.647. The molecule has 2 aromatic heterocycles. The van der Waals surface area contributed by atoms with Gasteiger partial charge in [-0.3, -0.25) is 14.5 Å². The molecule has 1 aliphatic rings. The van der Waals surface area contributed by atoms with Crippen LogP contribution in [-0.2, 0) is 6.54 Å². The van der Waals surface area contributed by atoms with E-state index in [0.29, 0.717) is 22.8 Å². The van der Waals surface area contributed by atoms with Crippen LogP contribution >= 0.6 is 11.6 Å².